The molecule has 0 atom stereocenters. The molecule has 0 saturated heterocycles. The molecule has 2 aromatic carbocycles. The molecule has 30 heavy (non-hydrogen) atoms. The molecule has 0 aliphatic rings. The normalized spacial score (nSPS) is 10.8. The number of furan rings is 1. The highest BCUT2D eigenvalue weighted by molar-refractivity contribution is 5.94. The summed E-state index contributed by atoms with van der Waals surface area (Å²) in [7, 11) is 0. The van der Waals surface area contributed by atoms with E-state index in [1.54, 1.807) is 24.5 Å². The molecule has 0 bridgehead atoms. The summed E-state index contributed by atoms with van der Waals surface area (Å²) in [6.07, 6.45) is 1.57. The number of rotatable bonds is 7. The second-order valence-corrected chi connectivity index (χ2v) is 7.01. The van der Waals surface area contributed by atoms with Crippen LogP contribution in [0.4, 0.5) is 0 Å². The van der Waals surface area contributed by atoms with Crippen LogP contribution >= 0.6 is 0 Å². The molecule has 0 unspecified atom stereocenters. The van der Waals surface area contributed by atoms with Crippen molar-refractivity contribution in [3.63, 3.8) is 0 Å². The minimum atomic E-state index is -0.181. The molecule has 7 heteroatoms. The predicted octanol–water partition coefficient (Wildman–Crippen LogP) is 3.18. The summed E-state index contributed by atoms with van der Waals surface area (Å²) in [5.41, 5.74) is 3.22. The first-order valence-corrected chi connectivity index (χ1v) is 9.68. The van der Waals surface area contributed by atoms with Crippen LogP contribution in [-0.4, -0.2) is 21.4 Å². The summed E-state index contributed by atoms with van der Waals surface area (Å²) in [6, 6.07) is 18.6. The number of hydrogen-bond acceptors (Lipinski definition) is 4. The molecule has 0 aliphatic carbocycles. The second kappa shape index (κ2) is 8.65. The Labute approximate surface area is 173 Å². The number of nitrogens with zero attached hydrogens (tertiary/aromatic N) is 2. The zero-order valence-corrected chi connectivity index (χ0v) is 16.6. The fourth-order valence-corrected chi connectivity index (χ4v) is 3.28. The number of fused-ring (bicyclic) bond motifs is 1. The van der Waals surface area contributed by atoms with Crippen molar-refractivity contribution in [3.05, 3.63) is 89.6 Å². The Balaban J connectivity index is 1.49. The van der Waals surface area contributed by atoms with E-state index in [0.717, 1.165) is 16.6 Å². The molecule has 0 spiro atoms. The summed E-state index contributed by atoms with van der Waals surface area (Å²) in [5.74, 6) is 0.954. The van der Waals surface area contributed by atoms with Crippen molar-refractivity contribution in [1.29, 1.82) is 0 Å². The highest BCUT2D eigenvalue weighted by atomic mass is 16.3. The van der Waals surface area contributed by atoms with Gasteiger partial charge in [-0.2, -0.15) is 0 Å². The van der Waals surface area contributed by atoms with Gasteiger partial charge in [-0.3, -0.25) is 9.59 Å². The third kappa shape index (κ3) is 4.41. The van der Waals surface area contributed by atoms with Gasteiger partial charge in [-0.25, -0.2) is 4.98 Å². The minimum Gasteiger partial charge on any atom is -0.467 e. The van der Waals surface area contributed by atoms with Gasteiger partial charge in [0.25, 0.3) is 5.91 Å². The fraction of sp³-hybridized carbons (Fsp3) is 0.174. The third-order valence-corrected chi connectivity index (χ3v) is 4.76. The van der Waals surface area contributed by atoms with Gasteiger partial charge in [0, 0.05) is 5.56 Å². The molecule has 0 fully saturated rings. The zero-order chi connectivity index (χ0) is 20.9. The zero-order valence-electron chi connectivity index (χ0n) is 16.6. The largest absolute Gasteiger partial charge is 0.467 e. The summed E-state index contributed by atoms with van der Waals surface area (Å²) < 4.78 is 7.07. The average Bonchev–Trinajstić information content (AvgIpc) is 3.39. The first-order valence-electron chi connectivity index (χ1n) is 9.68. The molecule has 152 valence electrons. The molecular formula is C23H22N4O3. The van der Waals surface area contributed by atoms with E-state index in [4.69, 9.17) is 4.42 Å². The summed E-state index contributed by atoms with van der Waals surface area (Å²) in [4.78, 5) is 29.6. The maximum Gasteiger partial charge on any atom is 0.251 e. The van der Waals surface area contributed by atoms with E-state index < -0.39 is 0 Å². The van der Waals surface area contributed by atoms with Gasteiger partial charge in [-0.15, -0.1) is 0 Å². The SMILES string of the molecule is Cc1cccc(C(=O)NCc2nc3ccccc3n2CC(=O)NCc2ccco2)c1. The van der Waals surface area contributed by atoms with Crippen LogP contribution in [0.1, 0.15) is 27.5 Å². The smallest absolute Gasteiger partial charge is 0.251 e. The number of aromatic nitrogens is 2. The Morgan fingerprint density at radius 1 is 1.00 bits per heavy atom. The van der Waals surface area contributed by atoms with E-state index >= 15 is 0 Å². The van der Waals surface area contributed by atoms with E-state index in [1.165, 1.54) is 0 Å². The Hall–Kier alpha value is -3.87. The highest BCUT2D eigenvalue weighted by Crippen LogP contribution is 2.16. The molecule has 4 rings (SSSR count). The van der Waals surface area contributed by atoms with Crippen molar-refractivity contribution in [3.8, 4) is 0 Å². The molecule has 7 nitrogen and oxygen atoms in total. The molecule has 2 aromatic heterocycles. The van der Waals surface area contributed by atoms with Crippen LogP contribution in [0, 0.1) is 6.92 Å². The number of benzene rings is 2. The van der Waals surface area contributed by atoms with Crippen LogP contribution in [0.15, 0.2) is 71.3 Å². The van der Waals surface area contributed by atoms with Gasteiger partial charge in [0.2, 0.25) is 5.91 Å². The molecule has 2 N–H and O–H groups in total. The Morgan fingerprint density at radius 2 is 1.87 bits per heavy atom. The summed E-state index contributed by atoms with van der Waals surface area (Å²) in [5, 5.41) is 5.75. The van der Waals surface area contributed by atoms with Gasteiger partial charge in [-0.1, -0.05) is 29.8 Å². The Morgan fingerprint density at radius 3 is 2.67 bits per heavy atom. The van der Waals surface area contributed by atoms with Crippen LogP contribution in [-0.2, 0) is 24.4 Å². The topological polar surface area (TPSA) is 89.2 Å². The Bertz CT molecular complexity index is 1180. The quantitative estimate of drug-likeness (QED) is 0.497. The fourth-order valence-electron chi connectivity index (χ4n) is 3.28. The van der Waals surface area contributed by atoms with Crippen LogP contribution in [0.5, 0.6) is 0 Å². The lowest BCUT2D eigenvalue weighted by Crippen LogP contribution is -2.29. The van der Waals surface area contributed by atoms with Crippen molar-refractivity contribution in [2.45, 2.75) is 26.6 Å². The van der Waals surface area contributed by atoms with Crippen molar-refractivity contribution >= 4 is 22.8 Å². The number of amides is 2. The lowest BCUT2D eigenvalue weighted by Gasteiger charge is -2.11. The Kier molecular flexibility index (Phi) is 5.61. The minimum absolute atomic E-state index is 0.0941. The third-order valence-electron chi connectivity index (χ3n) is 4.76. The average molecular weight is 402 g/mol. The van der Waals surface area contributed by atoms with Crippen LogP contribution in [0.25, 0.3) is 11.0 Å². The number of aryl methyl sites for hydroxylation is 1. The molecule has 2 amide bonds. The number of imidazole rings is 1. The first-order chi connectivity index (χ1) is 14.6. The van der Waals surface area contributed by atoms with Gasteiger partial charge >= 0.3 is 0 Å². The number of para-hydroxylation sites is 2. The number of carbonyl (C=O) groups is 2. The highest BCUT2D eigenvalue weighted by Gasteiger charge is 2.15. The molecule has 0 saturated carbocycles. The summed E-state index contributed by atoms with van der Waals surface area (Å²) in [6.45, 7) is 2.57. The summed E-state index contributed by atoms with van der Waals surface area (Å²) >= 11 is 0. The molecule has 4 aromatic rings. The molecule has 2 heterocycles. The maximum absolute atomic E-state index is 12.5. The van der Waals surface area contributed by atoms with Crippen LogP contribution < -0.4 is 10.6 Å². The van der Waals surface area contributed by atoms with E-state index in [0.29, 0.717) is 23.7 Å². The van der Waals surface area contributed by atoms with Gasteiger partial charge < -0.3 is 19.6 Å². The van der Waals surface area contributed by atoms with Gasteiger partial charge in [0.15, 0.2) is 0 Å². The van der Waals surface area contributed by atoms with Crippen molar-refractivity contribution in [1.82, 2.24) is 20.2 Å². The number of carbonyl (C=O) groups excluding carboxylic acids is 2. The van der Waals surface area contributed by atoms with Gasteiger partial charge in [0.1, 0.15) is 18.1 Å². The lowest BCUT2D eigenvalue weighted by atomic mass is 10.1. The standard InChI is InChI=1S/C23H22N4O3/c1-16-6-4-7-17(12-16)23(29)25-14-21-26-19-9-2-3-10-20(19)27(21)15-22(28)24-13-18-8-5-11-30-18/h2-12H,13-15H2,1H3,(H,24,28)(H,25,29). The van der Waals surface area contributed by atoms with Crippen molar-refractivity contribution in [2.75, 3.05) is 0 Å². The first kappa shape index (κ1) is 19.4. The van der Waals surface area contributed by atoms with Crippen LogP contribution in [0.3, 0.4) is 0 Å². The van der Waals surface area contributed by atoms with Crippen molar-refractivity contribution < 1.29 is 14.0 Å². The van der Waals surface area contributed by atoms with E-state index in [1.807, 2.05) is 54.0 Å². The maximum atomic E-state index is 12.5. The molecule has 0 radical (unpaired) electrons. The van der Waals surface area contributed by atoms with E-state index in [2.05, 4.69) is 15.6 Å². The number of hydrogen-bond donors (Lipinski definition) is 2. The van der Waals surface area contributed by atoms with Crippen molar-refractivity contribution in [2.24, 2.45) is 0 Å². The van der Waals surface area contributed by atoms with Crippen LogP contribution in [0.2, 0.25) is 0 Å². The van der Waals surface area contributed by atoms with Gasteiger partial charge in [-0.05, 0) is 43.3 Å². The van der Waals surface area contributed by atoms with E-state index in [9.17, 15) is 9.59 Å². The van der Waals surface area contributed by atoms with E-state index in [-0.39, 0.29) is 24.9 Å². The lowest BCUT2D eigenvalue weighted by molar-refractivity contribution is -0.121. The van der Waals surface area contributed by atoms with Gasteiger partial charge in [0.05, 0.1) is 30.4 Å². The predicted molar refractivity (Wildman–Crippen MR) is 113 cm³/mol. The molecule has 0 aliphatic heterocycles. The molecular weight excluding hydrogens is 380 g/mol. The monoisotopic (exact) mass is 402 g/mol. The number of nitrogens with one attached hydrogen (secondary N) is 2. The second-order valence-electron chi connectivity index (χ2n) is 7.01.